The van der Waals surface area contributed by atoms with Gasteiger partial charge >= 0.3 is 6.09 Å². The van der Waals surface area contributed by atoms with Crippen molar-refractivity contribution in [2.75, 3.05) is 53.1 Å². The SMILES string of the molecule is CCCCOC(CO)CCC1(c2ccccc2F)CS(=O)(=O)N(C)C(N(COCCOC)C(=O)OC(C)(C)C)=N1. The molecule has 0 radical (unpaired) electrons. The van der Waals surface area contributed by atoms with Crippen LogP contribution >= 0.6 is 0 Å². The maximum absolute atomic E-state index is 15.3. The Morgan fingerprint density at radius 2 is 1.95 bits per heavy atom. The molecule has 2 unspecified atom stereocenters. The van der Waals surface area contributed by atoms with Crippen molar-refractivity contribution in [2.45, 2.75) is 70.6 Å². The summed E-state index contributed by atoms with van der Waals surface area (Å²) in [6, 6.07) is 5.82. The van der Waals surface area contributed by atoms with Gasteiger partial charge in [0.1, 0.15) is 23.7 Å². The molecule has 0 bridgehead atoms. The van der Waals surface area contributed by atoms with Crippen LogP contribution in [0.1, 0.15) is 58.9 Å². The molecule has 11 nitrogen and oxygen atoms in total. The van der Waals surface area contributed by atoms with Crippen molar-refractivity contribution in [3.63, 3.8) is 0 Å². The number of carbonyl (C=O) groups is 1. The minimum absolute atomic E-state index is 0.0224. The molecule has 1 aromatic carbocycles. The number of halogens is 1. The van der Waals surface area contributed by atoms with Crippen LogP contribution in [-0.2, 0) is 34.5 Å². The average molecular weight is 590 g/mol. The van der Waals surface area contributed by atoms with E-state index in [-0.39, 0.29) is 50.9 Å². The van der Waals surface area contributed by atoms with E-state index in [9.17, 15) is 18.3 Å². The quantitative estimate of drug-likeness (QED) is 0.258. The van der Waals surface area contributed by atoms with Gasteiger partial charge in [-0.3, -0.25) is 0 Å². The molecule has 2 rings (SSSR count). The van der Waals surface area contributed by atoms with Crippen LogP contribution < -0.4 is 0 Å². The Bertz CT molecular complexity index is 1100. The monoisotopic (exact) mass is 589 g/mol. The minimum Gasteiger partial charge on any atom is -0.443 e. The Kier molecular flexibility index (Phi) is 12.8. The van der Waals surface area contributed by atoms with Crippen molar-refractivity contribution in [3.05, 3.63) is 35.6 Å². The third-order valence-electron chi connectivity index (χ3n) is 6.25. The van der Waals surface area contributed by atoms with Crippen LogP contribution in [0, 0.1) is 5.82 Å². The van der Waals surface area contributed by atoms with Crippen molar-refractivity contribution in [3.8, 4) is 0 Å². The van der Waals surface area contributed by atoms with E-state index in [1.54, 1.807) is 26.8 Å². The number of hydrogen-bond donors (Lipinski definition) is 1. The van der Waals surface area contributed by atoms with E-state index in [2.05, 4.69) is 0 Å². The maximum atomic E-state index is 15.3. The Morgan fingerprint density at radius 1 is 1.25 bits per heavy atom. The highest BCUT2D eigenvalue weighted by Crippen LogP contribution is 2.39. The summed E-state index contributed by atoms with van der Waals surface area (Å²) in [5.74, 6) is -1.47. The Morgan fingerprint density at radius 3 is 2.55 bits per heavy atom. The van der Waals surface area contributed by atoms with E-state index < -0.39 is 44.9 Å². The third-order valence-corrected chi connectivity index (χ3v) is 8.09. The first-order valence-corrected chi connectivity index (χ1v) is 15.0. The van der Waals surface area contributed by atoms with E-state index in [4.69, 9.17) is 23.9 Å². The number of amides is 1. The van der Waals surface area contributed by atoms with Crippen molar-refractivity contribution in [2.24, 2.45) is 4.99 Å². The van der Waals surface area contributed by atoms with Crippen molar-refractivity contribution >= 4 is 22.1 Å². The van der Waals surface area contributed by atoms with Gasteiger partial charge in [0.05, 0.1) is 31.7 Å². The molecule has 1 amide bonds. The molecule has 0 aliphatic carbocycles. The summed E-state index contributed by atoms with van der Waals surface area (Å²) in [4.78, 5) is 19.1. The molecule has 1 N–H and O–H groups in total. The van der Waals surface area contributed by atoms with Crippen LogP contribution in [0.3, 0.4) is 0 Å². The number of rotatable bonds is 14. The minimum atomic E-state index is -4.11. The summed E-state index contributed by atoms with van der Waals surface area (Å²) in [6.07, 6.45) is 0.435. The normalized spacial score (nSPS) is 19.7. The number of unbranched alkanes of at least 4 members (excludes halogenated alkanes) is 1. The molecule has 228 valence electrons. The highest BCUT2D eigenvalue weighted by molar-refractivity contribution is 7.89. The van der Waals surface area contributed by atoms with E-state index in [0.29, 0.717) is 6.61 Å². The van der Waals surface area contributed by atoms with Crippen LogP contribution in [0.2, 0.25) is 0 Å². The zero-order valence-corrected chi connectivity index (χ0v) is 25.2. The number of hydrogen-bond acceptors (Lipinski definition) is 9. The lowest BCUT2D eigenvalue weighted by molar-refractivity contribution is -0.00480. The van der Waals surface area contributed by atoms with Gasteiger partial charge in [-0.2, -0.15) is 0 Å². The number of sulfonamides is 1. The highest BCUT2D eigenvalue weighted by atomic mass is 32.2. The first-order chi connectivity index (χ1) is 18.8. The number of aliphatic hydroxyl groups excluding tert-OH is 1. The number of methoxy groups -OCH3 is 1. The number of guanidine groups is 1. The topological polar surface area (TPSA) is 127 Å². The van der Waals surface area contributed by atoms with Gasteiger partial charge in [-0.05, 0) is 46.1 Å². The molecule has 1 aromatic rings. The lowest BCUT2D eigenvalue weighted by Crippen LogP contribution is -2.57. The van der Waals surface area contributed by atoms with Gasteiger partial charge in [0.15, 0.2) is 0 Å². The number of ether oxygens (including phenoxy) is 4. The van der Waals surface area contributed by atoms with Crippen molar-refractivity contribution in [1.82, 2.24) is 9.21 Å². The smallest absolute Gasteiger partial charge is 0.419 e. The second kappa shape index (κ2) is 15.1. The molecule has 1 aliphatic heterocycles. The predicted molar refractivity (Wildman–Crippen MR) is 149 cm³/mol. The summed E-state index contributed by atoms with van der Waals surface area (Å²) in [6.45, 7) is 7.14. The van der Waals surface area contributed by atoms with Gasteiger partial charge in [-0.25, -0.2) is 31.8 Å². The molecular formula is C27H44FN3O8S. The molecule has 0 spiro atoms. The Balaban J connectivity index is 2.64. The van der Waals surface area contributed by atoms with Gasteiger partial charge < -0.3 is 24.1 Å². The number of carbonyl (C=O) groups excluding carboxylic acids is 1. The summed E-state index contributed by atoms with van der Waals surface area (Å²) >= 11 is 0. The highest BCUT2D eigenvalue weighted by Gasteiger charge is 2.48. The van der Waals surface area contributed by atoms with Crippen LogP contribution in [0.4, 0.5) is 9.18 Å². The zero-order chi connectivity index (χ0) is 30.0. The first-order valence-electron chi connectivity index (χ1n) is 13.4. The zero-order valence-electron chi connectivity index (χ0n) is 24.4. The van der Waals surface area contributed by atoms with Gasteiger partial charge in [0.2, 0.25) is 16.0 Å². The van der Waals surface area contributed by atoms with Gasteiger partial charge in [-0.1, -0.05) is 31.5 Å². The van der Waals surface area contributed by atoms with Crippen LogP contribution in [-0.4, -0.2) is 99.6 Å². The molecule has 0 saturated heterocycles. The summed E-state index contributed by atoms with van der Waals surface area (Å²) in [7, 11) is -1.34. The molecule has 13 heteroatoms. The molecule has 1 heterocycles. The molecule has 0 saturated carbocycles. The molecule has 2 atom stereocenters. The molecule has 1 aliphatic rings. The molecule has 0 aromatic heterocycles. The Labute approximate surface area is 237 Å². The van der Waals surface area contributed by atoms with Gasteiger partial charge in [0, 0.05) is 26.3 Å². The van der Waals surface area contributed by atoms with Crippen molar-refractivity contribution < 1.29 is 41.7 Å². The van der Waals surface area contributed by atoms with E-state index in [0.717, 1.165) is 22.0 Å². The summed E-state index contributed by atoms with van der Waals surface area (Å²) in [5.41, 5.74) is -2.47. The molecule has 40 heavy (non-hydrogen) atoms. The van der Waals surface area contributed by atoms with Gasteiger partial charge in [0.25, 0.3) is 0 Å². The fourth-order valence-corrected chi connectivity index (χ4v) is 5.67. The number of aliphatic imine (C=N–C) groups is 1. The van der Waals surface area contributed by atoms with E-state index in [1.165, 1.54) is 32.4 Å². The average Bonchev–Trinajstić information content (AvgIpc) is 2.87. The van der Waals surface area contributed by atoms with Crippen LogP contribution in [0.5, 0.6) is 0 Å². The fourth-order valence-electron chi connectivity index (χ4n) is 4.12. The van der Waals surface area contributed by atoms with Crippen LogP contribution in [0.15, 0.2) is 29.3 Å². The largest absolute Gasteiger partial charge is 0.443 e. The Hall–Kier alpha value is -2.32. The fraction of sp³-hybridized carbons (Fsp3) is 0.704. The van der Waals surface area contributed by atoms with Crippen LogP contribution in [0.25, 0.3) is 0 Å². The summed E-state index contributed by atoms with van der Waals surface area (Å²) < 4.78 is 65.3. The van der Waals surface area contributed by atoms with E-state index in [1.807, 2.05) is 6.92 Å². The van der Waals surface area contributed by atoms with E-state index >= 15 is 4.39 Å². The first kappa shape index (κ1) is 33.9. The number of benzene rings is 1. The molecule has 0 fully saturated rings. The van der Waals surface area contributed by atoms with Gasteiger partial charge in [-0.15, -0.1) is 0 Å². The third kappa shape index (κ3) is 9.37. The summed E-state index contributed by atoms with van der Waals surface area (Å²) in [5, 5.41) is 9.91. The standard InChI is InChI=1S/C27H44FN3O8S/c1-7-8-15-38-21(18-32)13-14-27(22-11-9-10-12-23(22)28)19-40(34,35)30(5)24(29-27)31(20-37-17-16-36-6)25(33)39-26(2,3)4/h9-12,21,32H,7-8,13-20H2,1-6H3. The number of nitrogens with zero attached hydrogens (tertiary/aromatic N) is 3. The second-order valence-corrected chi connectivity index (χ2v) is 12.7. The van der Waals surface area contributed by atoms with Crippen molar-refractivity contribution in [1.29, 1.82) is 0 Å². The lowest BCUT2D eigenvalue weighted by atomic mass is 9.86. The second-order valence-electron chi connectivity index (χ2n) is 10.7. The number of aliphatic hydroxyl groups is 1. The lowest BCUT2D eigenvalue weighted by Gasteiger charge is -2.41. The predicted octanol–water partition coefficient (Wildman–Crippen LogP) is 3.47. The molecular weight excluding hydrogens is 545 g/mol. The maximum Gasteiger partial charge on any atom is 0.419 e.